The van der Waals surface area contributed by atoms with Crippen molar-refractivity contribution in [3.8, 4) is 0 Å². The molecule has 0 bridgehead atoms. The van der Waals surface area contributed by atoms with Crippen molar-refractivity contribution in [2.24, 2.45) is 0 Å². The van der Waals surface area contributed by atoms with Gasteiger partial charge in [-0.2, -0.15) is 0 Å². The van der Waals surface area contributed by atoms with Crippen LogP contribution in [0.2, 0.25) is 0 Å². The van der Waals surface area contributed by atoms with Crippen molar-refractivity contribution < 1.29 is 23.5 Å². The molecule has 1 heterocycles. The molecule has 0 spiro atoms. The number of halogens is 1. The van der Waals surface area contributed by atoms with E-state index >= 15 is 0 Å². The zero-order valence-corrected chi connectivity index (χ0v) is 23.1. The van der Waals surface area contributed by atoms with Crippen LogP contribution in [0.5, 0.6) is 0 Å². The van der Waals surface area contributed by atoms with Gasteiger partial charge in [-0.15, -0.1) is 0 Å². The lowest BCUT2D eigenvalue weighted by atomic mass is 9.86. The third-order valence-corrected chi connectivity index (χ3v) is 7.03. The minimum absolute atomic E-state index is 0.0592. The Morgan fingerprint density at radius 1 is 0.927 bits per heavy atom. The smallest absolute Gasteiger partial charge is 0.339 e. The lowest BCUT2D eigenvalue weighted by Gasteiger charge is -2.18. The fourth-order valence-corrected chi connectivity index (χ4v) is 4.87. The van der Waals surface area contributed by atoms with E-state index in [2.05, 4.69) is 62.0 Å². The lowest BCUT2D eigenvalue weighted by molar-refractivity contribution is -0.125. The monoisotopic (exact) mass is 551 g/mol. The van der Waals surface area contributed by atoms with Crippen molar-refractivity contribution in [3.05, 3.63) is 112 Å². The number of rotatable bonds is 5. The highest BCUT2D eigenvalue weighted by Crippen LogP contribution is 2.38. The SMILES string of the molecule is CC(C)(C)c1ccc(/C=C2/CCc3c2nc2ccccc2c3C(=O)OCC(=O)NNC(=O)c2ccccc2F)cc1. The third kappa shape index (κ3) is 6.01. The van der Waals surface area contributed by atoms with Gasteiger partial charge in [0.25, 0.3) is 11.8 Å². The van der Waals surface area contributed by atoms with E-state index in [0.717, 1.165) is 28.5 Å². The van der Waals surface area contributed by atoms with Crippen LogP contribution in [0.4, 0.5) is 4.39 Å². The molecule has 2 N–H and O–H groups in total. The Balaban J connectivity index is 1.34. The highest BCUT2D eigenvalue weighted by atomic mass is 19.1. The minimum Gasteiger partial charge on any atom is -0.452 e. The minimum atomic E-state index is -0.826. The predicted molar refractivity (Wildman–Crippen MR) is 155 cm³/mol. The first-order chi connectivity index (χ1) is 19.6. The number of para-hydroxylation sites is 1. The number of carbonyl (C=O) groups excluding carboxylic acids is 3. The molecule has 0 fully saturated rings. The first-order valence-electron chi connectivity index (χ1n) is 13.4. The first kappa shape index (κ1) is 27.7. The molecule has 0 saturated carbocycles. The Hall–Kier alpha value is -4.85. The van der Waals surface area contributed by atoms with Gasteiger partial charge in [0, 0.05) is 5.39 Å². The van der Waals surface area contributed by atoms with Crippen molar-refractivity contribution in [1.29, 1.82) is 0 Å². The number of nitrogens with zero attached hydrogens (tertiary/aromatic N) is 1. The zero-order valence-electron chi connectivity index (χ0n) is 23.1. The summed E-state index contributed by atoms with van der Waals surface area (Å²) in [6.45, 7) is 5.89. The summed E-state index contributed by atoms with van der Waals surface area (Å²) in [5, 5.41) is 0.639. The normalized spacial score (nSPS) is 13.6. The second-order valence-corrected chi connectivity index (χ2v) is 10.9. The lowest BCUT2D eigenvalue weighted by Crippen LogP contribution is -2.43. The number of fused-ring (bicyclic) bond motifs is 2. The highest BCUT2D eigenvalue weighted by molar-refractivity contribution is 6.07. The summed E-state index contributed by atoms with van der Waals surface area (Å²) in [5.41, 5.74) is 9.98. The summed E-state index contributed by atoms with van der Waals surface area (Å²) in [6, 6.07) is 21.1. The average molecular weight is 552 g/mol. The summed E-state index contributed by atoms with van der Waals surface area (Å²) in [5.74, 6) is -2.98. The third-order valence-electron chi connectivity index (χ3n) is 7.03. The standard InChI is InChI=1S/C33H30FN3O4/c1-33(2,3)22-15-12-20(13-16-22)18-21-14-17-25-29(24-9-5-7-11-27(24)35-30(21)25)32(40)41-19-28(38)36-37-31(39)23-8-4-6-10-26(23)34/h4-13,15-16,18H,14,17,19H2,1-3H3,(H,36,38)(H,37,39)/b21-18-. The van der Waals surface area contributed by atoms with E-state index in [0.29, 0.717) is 29.3 Å². The number of carbonyl (C=O) groups is 3. The number of ether oxygens (including phenoxy) is 1. The molecular formula is C33H30FN3O4. The van der Waals surface area contributed by atoms with Gasteiger partial charge in [0.1, 0.15) is 5.82 Å². The number of amides is 2. The van der Waals surface area contributed by atoms with Gasteiger partial charge < -0.3 is 4.74 Å². The molecule has 1 aliphatic rings. The Morgan fingerprint density at radius 2 is 1.63 bits per heavy atom. The maximum Gasteiger partial charge on any atom is 0.339 e. The van der Waals surface area contributed by atoms with E-state index in [1.807, 2.05) is 18.2 Å². The van der Waals surface area contributed by atoms with Gasteiger partial charge >= 0.3 is 5.97 Å². The number of benzene rings is 3. The topological polar surface area (TPSA) is 97.4 Å². The van der Waals surface area contributed by atoms with Crippen molar-refractivity contribution in [1.82, 2.24) is 15.8 Å². The molecule has 4 aromatic rings. The van der Waals surface area contributed by atoms with Crippen LogP contribution in [0.15, 0.2) is 72.8 Å². The molecule has 8 heteroatoms. The zero-order chi connectivity index (χ0) is 29.1. The molecule has 1 aromatic heterocycles. The Kier molecular flexibility index (Phi) is 7.66. The van der Waals surface area contributed by atoms with Crippen LogP contribution in [-0.4, -0.2) is 29.4 Å². The molecule has 0 radical (unpaired) electrons. The van der Waals surface area contributed by atoms with Crippen molar-refractivity contribution in [2.45, 2.75) is 39.0 Å². The van der Waals surface area contributed by atoms with Gasteiger partial charge in [-0.3, -0.25) is 20.4 Å². The quantitative estimate of drug-likeness (QED) is 0.242. The van der Waals surface area contributed by atoms with Crippen molar-refractivity contribution in [3.63, 3.8) is 0 Å². The summed E-state index contributed by atoms with van der Waals surface area (Å²) >= 11 is 0. The predicted octanol–water partition coefficient (Wildman–Crippen LogP) is 5.78. The number of allylic oxidation sites excluding steroid dienone is 1. The molecule has 0 unspecified atom stereocenters. The van der Waals surface area contributed by atoms with Crippen LogP contribution in [0.3, 0.4) is 0 Å². The number of hydrogen-bond donors (Lipinski definition) is 2. The summed E-state index contributed by atoms with van der Waals surface area (Å²) in [4.78, 5) is 42.7. The Bertz CT molecular complexity index is 1690. The molecule has 2 amide bonds. The maximum absolute atomic E-state index is 13.8. The molecule has 0 saturated heterocycles. The molecule has 5 rings (SSSR count). The summed E-state index contributed by atoms with van der Waals surface area (Å²) in [6.07, 6.45) is 3.41. The number of hydrogen-bond acceptors (Lipinski definition) is 5. The number of nitrogens with one attached hydrogen (secondary N) is 2. The van der Waals surface area contributed by atoms with Crippen LogP contribution < -0.4 is 10.9 Å². The van der Waals surface area contributed by atoms with Crippen LogP contribution in [0, 0.1) is 5.82 Å². The van der Waals surface area contributed by atoms with E-state index in [-0.39, 0.29) is 11.0 Å². The molecule has 0 aliphatic heterocycles. The second-order valence-electron chi connectivity index (χ2n) is 10.9. The summed E-state index contributed by atoms with van der Waals surface area (Å²) < 4.78 is 19.2. The number of hydrazine groups is 1. The first-order valence-corrected chi connectivity index (χ1v) is 13.4. The average Bonchev–Trinajstić information content (AvgIpc) is 3.35. The van der Waals surface area contributed by atoms with E-state index < -0.39 is 30.2 Å². The Labute approximate surface area is 237 Å². The van der Waals surface area contributed by atoms with Gasteiger partial charge in [-0.1, -0.05) is 75.4 Å². The number of pyridine rings is 1. The van der Waals surface area contributed by atoms with Crippen molar-refractivity contribution >= 4 is 40.3 Å². The fraction of sp³-hybridized carbons (Fsp3) is 0.212. The van der Waals surface area contributed by atoms with Gasteiger partial charge in [0.15, 0.2) is 6.61 Å². The van der Waals surface area contributed by atoms with Gasteiger partial charge in [-0.25, -0.2) is 14.2 Å². The van der Waals surface area contributed by atoms with Gasteiger partial charge in [0.05, 0.1) is 22.3 Å². The second kappa shape index (κ2) is 11.3. The van der Waals surface area contributed by atoms with Crippen molar-refractivity contribution in [2.75, 3.05) is 6.61 Å². The number of aromatic nitrogens is 1. The van der Waals surface area contributed by atoms with Crippen LogP contribution in [0.1, 0.15) is 70.3 Å². The largest absolute Gasteiger partial charge is 0.452 e. The van der Waals surface area contributed by atoms with Gasteiger partial charge in [-0.05, 0) is 64.8 Å². The molecule has 7 nitrogen and oxygen atoms in total. The molecular weight excluding hydrogens is 521 g/mol. The molecule has 208 valence electrons. The number of esters is 1. The fourth-order valence-electron chi connectivity index (χ4n) is 4.87. The highest BCUT2D eigenvalue weighted by Gasteiger charge is 2.28. The van der Waals surface area contributed by atoms with Crippen LogP contribution >= 0.6 is 0 Å². The van der Waals surface area contributed by atoms with E-state index in [4.69, 9.17) is 9.72 Å². The van der Waals surface area contributed by atoms with Gasteiger partial charge in [0.2, 0.25) is 0 Å². The van der Waals surface area contributed by atoms with E-state index in [9.17, 15) is 18.8 Å². The molecule has 1 aliphatic carbocycles. The maximum atomic E-state index is 13.8. The summed E-state index contributed by atoms with van der Waals surface area (Å²) in [7, 11) is 0. The molecule has 3 aromatic carbocycles. The Morgan fingerprint density at radius 3 is 2.37 bits per heavy atom. The van der Waals surface area contributed by atoms with E-state index in [1.165, 1.54) is 23.8 Å². The molecule has 41 heavy (non-hydrogen) atoms. The van der Waals surface area contributed by atoms with E-state index in [1.54, 1.807) is 6.07 Å². The van der Waals surface area contributed by atoms with Crippen LogP contribution in [0.25, 0.3) is 22.6 Å². The van der Waals surface area contributed by atoms with Crippen LogP contribution in [-0.2, 0) is 21.4 Å². The molecule has 0 atom stereocenters.